The minimum Gasteiger partial charge on any atom is -0.379 e. The lowest BCUT2D eigenvalue weighted by Crippen LogP contribution is -2.52. The average Bonchev–Trinajstić information content (AvgIpc) is 2.38. The van der Waals surface area contributed by atoms with Gasteiger partial charge in [-0.1, -0.05) is 6.42 Å². The zero-order valence-electron chi connectivity index (χ0n) is 10.9. The quantitative estimate of drug-likeness (QED) is 0.909. The molecule has 0 radical (unpaired) electrons. The standard InChI is InChI=1S/C15H19F2NO/c16-11-4-5-14(17)13(7-11)15(9-19-10-15)8-12-3-1-2-6-18-12/h4-5,7,12,18H,1-3,6,8-10H2. The number of nitrogens with one attached hydrogen (secondary N) is 1. The van der Waals surface area contributed by atoms with Gasteiger partial charge in [0.25, 0.3) is 0 Å². The summed E-state index contributed by atoms with van der Waals surface area (Å²) in [6.07, 6.45) is 4.35. The normalized spacial score (nSPS) is 25.9. The van der Waals surface area contributed by atoms with E-state index in [9.17, 15) is 8.78 Å². The van der Waals surface area contributed by atoms with Crippen LogP contribution in [0.2, 0.25) is 0 Å². The fourth-order valence-corrected chi connectivity index (χ4v) is 3.21. The Bertz CT molecular complexity index is 453. The van der Waals surface area contributed by atoms with Crippen molar-refractivity contribution in [3.63, 3.8) is 0 Å². The molecule has 104 valence electrons. The molecule has 1 unspecified atom stereocenters. The summed E-state index contributed by atoms with van der Waals surface area (Å²) in [5.74, 6) is -0.695. The van der Waals surface area contributed by atoms with Crippen molar-refractivity contribution in [2.24, 2.45) is 0 Å². The van der Waals surface area contributed by atoms with Crippen LogP contribution < -0.4 is 5.32 Å². The molecule has 0 saturated carbocycles. The maximum Gasteiger partial charge on any atom is 0.127 e. The molecule has 19 heavy (non-hydrogen) atoms. The third-order valence-corrected chi connectivity index (χ3v) is 4.31. The van der Waals surface area contributed by atoms with E-state index in [2.05, 4.69) is 5.32 Å². The van der Waals surface area contributed by atoms with Gasteiger partial charge in [0.15, 0.2) is 0 Å². The highest BCUT2D eigenvalue weighted by Crippen LogP contribution is 2.39. The molecular weight excluding hydrogens is 248 g/mol. The fraction of sp³-hybridized carbons (Fsp3) is 0.600. The second-order valence-corrected chi connectivity index (χ2v) is 5.75. The van der Waals surface area contributed by atoms with Crippen molar-refractivity contribution in [2.45, 2.75) is 37.1 Å². The van der Waals surface area contributed by atoms with Crippen LogP contribution in [0.5, 0.6) is 0 Å². The van der Waals surface area contributed by atoms with E-state index in [4.69, 9.17) is 4.74 Å². The number of benzene rings is 1. The molecule has 1 aromatic rings. The van der Waals surface area contributed by atoms with Gasteiger partial charge in [-0.05, 0) is 44.0 Å². The highest BCUT2D eigenvalue weighted by Gasteiger charge is 2.44. The third kappa shape index (κ3) is 2.51. The Balaban J connectivity index is 1.83. The van der Waals surface area contributed by atoms with Crippen LogP contribution in [0.1, 0.15) is 31.2 Å². The Morgan fingerprint density at radius 2 is 2.11 bits per heavy atom. The minimum absolute atomic E-state index is 0.319. The molecule has 2 saturated heterocycles. The summed E-state index contributed by atoms with van der Waals surface area (Å²) in [6.45, 7) is 2.00. The lowest BCUT2D eigenvalue weighted by Gasteiger charge is -2.45. The number of halogens is 2. The summed E-state index contributed by atoms with van der Waals surface area (Å²) in [6, 6.07) is 4.12. The average molecular weight is 267 g/mol. The van der Waals surface area contributed by atoms with E-state index >= 15 is 0 Å². The van der Waals surface area contributed by atoms with Crippen LogP contribution in [-0.2, 0) is 10.2 Å². The molecule has 3 rings (SSSR count). The molecule has 2 fully saturated rings. The molecule has 0 bridgehead atoms. The molecule has 2 aliphatic rings. The van der Waals surface area contributed by atoms with Gasteiger partial charge in [-0.3, -0.25) is 0 Å². The number of ether oxygens (including phenoxy) is 1. The van der Waals surface area contributed by atoms with Crippen molar-refractivity contribution < 1.29 is 13.5 Å². The maximum absolute atomic E-state index is 14.0. The van der Waals surface area contributed by atoms with Gasteiger partial charge in [0, 0.05) is 17.0 Å². The first-order valence-corrected chi connectivity index (χ1v) is 6.96. The van der Waals surface area contributed by atoms with Crippen molar-refractivity contribution in [2.75, 3.05) is 19.8 Å². The van der Waals surface area contributed by atoms with Crippen molar-refractivity contribution in [3.05, 3.63) is 35.4 Å². The zero-order chi connectivity index (χ0) is 13.3. The minimum atomic E-state index is -0.376. The first-order valence-electron chi connectivity index (χ1n) is 6.96. The molecule has 0 aromatic heterocycles. The Hall–Kier alpha value is -1.00. The molecule has 4 heteroatoms. The molecule has 2 heterocycles. The molecule has 1 aromatic carbocycles. The maximum atomic E-state index is 14.0. The van der Waals surface area contributed by atoms with Gasteiger partial charge in [0.2, 0.25) is 0 Å². The van der Waals surface area contributed by atoms with Crippen LogP contribution in [0.15, 0.2) is 18.2 Å². The Labute approximate surface area is 112 Å². The van der Waals surface area contributed by atoms with Gasteiger partial charge < -0.3 is 10.1 Å². The monoisotopic (exact) mass is 267 g/mol. The second-order valence-electron chi connectivity index (χ2n) is 5.75. The van der Waals surface area contributed by atoms with Gasteiger partial charge in [0.05, 0.1) is 13.2 Å². The smallest absolute Gasteiger partial charge is 0.127 e. The topological polar surface area (TPSA) is 21.3 Å². The van der Waals surface area contributed by atoms with E-state index in [1.165, 1.54) is 31.0 Å². The van der Waals surface area contributed by atoms with E-state index in [1.807, 2.05) is 0 Å². The van der Waals surface area contributed by atoms with Crippen molar-refractivity contribution in [3.8, 4) is 0 Å². The van der Waals surface area contributed by atoms with E-state index in [0.717, 1.165) is 19.4 Å². The molecule has 0 aliphatic carbocycles. The summed E-state index contributed by atoms with van der Waals surface area (Å²) in [5.41, 5.74) is 0.132. The van der Waals surface area contributed by atoms with Crippen LogP contribution in [0.4, 0.5) is 8.78 Å². The van der Waals surface area contributed by atoms with Gasteiger partial charge in [-0.25, -0.2) is 8.78 Å². The Kier molecular flexibility index (Phi) is 3.54. The fourth-order valence-electron chi connectivity index (χ4n) is 3.21. The molecule has 1 N–H and O–H groups in total. The molecule has 2 nitrogen and oxygen atoms in total. The largest absolute Gasteiger partial charge is 0.379 e. The van der Waals surface area contributed by atoms with E-state index < -0.39 is 0 Å². The van der Waals surface area contributed by atoms with E-state index in [-0.39, 0.29) is 17.0 Å². The highest BCUT2D eigenvalue weighted by molar-refractivity contribution is 5.30. The van der Waals surface area contributed by atoms with Crippen LogP contribution in [-0.4, -0.2) is 25.8 Å². The molecule has 2 aliphatic heterocycles. The van der Waals surface area contributed by atoms with Crippen molar-refractivity contribution in [1.29, 1.82) is 0 Å². The third-order valence-electron chi connectivity index (χ3n) is 4.31. The summed E-state index contributed by atoms with van der Waals surface area (Å²) in [5, 5.41) is 3.48. The number of piperidine rings is 1. The lowest BCUT2D eigenvalue weighted by atomic mass is 9.72. The van der Waals surface area contributed by atoms with Gasteiger partial charge in [0.1, 0.15) is 11.6 Å². The zero-order valence-corrected chi connectivity index (χ0v) is 10.9. The first-order chi connectivity index (χ1) is 9.20. The number of rotatable bonds is 3. The van der Waals surface area contributed by atoms with Gasteiger partial charge in [-0.2, -0.15) is 0 Å². The highest BCUT2D eigenvalue weighted by atomic mass is 19.1. The predicted molar refractivity (Wildman–Crippen MR) is 69.1 cm³/mol. The van der Waals surface area contributed by atoms with Crippen LogP contribution in [0, 0.1) is 11.6 Å². The van der Waals surface area contributed by atoms with Gasteiger partial charge in [-0.15, -0.1) is 0 Å². The lowest BCUT2D eigenvalue weighted by molar-refractivity contribution is -0.0712. The molecule has 0 spiro atoms. The van der Waals surface area contributed by atoms with Gasteiger partial charge >= 0.3 is 0 Å². The molecule has 1 atom stereocenters. The SMILES string of the molecule is Fc1ccc(F)c(C2(CC3CCCCN3)COC2)c1. The van der Waals surface area contributed by atoms with Crippen molar-refractivity contribution in [1.82, 2.24) is 5.32 Å². The van der Waals surface area contributed by atoms with E-state index in [1.54, 1.807) is 0 Å². The summed E-state index contributed by atoms with van der Waals surface area (Å²) >= 11 is 0. The first kappa shape index (κ1) is 13.0. The summed E-state index contributed by atoms with van der Waals surface area (Å²) < 4.78 is 32.7. The molecule has 0 amide bonds. The summed E-state index contributed by atoms with van der Waals surface area (Å²) in [7, 11) is 0. The Morgan fingerprint density at radius 3 is 2.74 bits per heavy atom. The van der Waals surface area contributed by atoms with E-state index in [0.29, 0.717) is 24.8 Å². The Morgan fingerprint density at radius 1 is 1.26 bits per heavy atom. The predicted octanol–water partition coefficient (Wildman–Crippen LogP) is 2.77. The van der Waals surface area contributed by atoms with Crippen molar-refractivity contribution >= 4 is 0 Å². The van der Waals surface area contributed by atoms with Crippen LogP contribution in [0.3, 0.4) is 0 Å². The molecular formula is C15H19F2NO. The number of hydrogen-bond acceptors (Lipinski definition) is 2. The summed E-state index contributed by atoms with van der Waals surface area (Å²) in [4.78, 5) is 0. The second kappa shape index (κ2) is 5.17. The van der Waals surface area contributed by atoms with Crippen LogP contribution in [0.25, 0.3) is 0 Å². The number of hydrogen-bond donors (Lipinski definition) is 1. The van der Waals surface area contributed by atoms with Crippen LogP contribution >= 0.6 is 0 Å².